The minimum atomic E-state index is -4.51. The molecule has 0 aliphatic heterocycles. The first kappa shape index (κ1) is 17.9. The molecule has 0 aromatic carbocycles. The molecule has 98 valence electrons. The number of hydrogen-bond donors (Lipinski definition) is 1. The maximum absolute atomic E-state index is 10.0. The van der Waals surface area contributed by atoms with Crippen molar-refractivity contribution in [3.05, 3.63) is 12.2 Å². The van der Waals surface area contributed by atoms with Gasteiger partial charge in [-0.05, 0) is 19.3 Å². The van der Waals surface area contributed by atoms with Crippen molar-refractivity contribution in [3.8, 4) is 0 Å². The molecule has 6 heteroatoms. The molecule has 0 atom stereocenters. The Morgan fingerprint density at radius 3 is 2.31 bits per heavy atom. The number of hydrogen-bond acceptors (Lipinski definition) is 4. The zero-order chi connectivity index (χ0) is 11.6. The van der Waals surface area contributed by atoms with Crippen LogP contribution in [0.3, 0.4) is 0 Å². The molecule has 0 unspecified atom stereocenters. The summed E-state index contributed by atoms with van der Waals surface area (Å²) >= 11 is 0. The first-order chi connectivity index (χ1) is 7.06. The van der Waals surface area contributed by atoms with E-state index in [9.17, 15) is 13.0 Å². The minimum Gasteiger partial charge on any atom is -0.726 e. The second kappa shape index (κ2) is 11.1. The lowest BCUT2D eigenvalue weighted by molar-refractivity contribution is 0.266. The van der Waals surface area contributed by atoms with Crippen molar-refractivity contribution in [3.63, 3.8) is 0 Å². The van der Waals surface area contributed by atoms with Crippen LogP contribution in [0.4, 0.5) is 0 Å². The SMILES string of the molecule is CCCCCCC=CCCOS(=O)(=O)[O-].[NH4+]. The van der Waals surface area contributed by atoms with Crippen molar-refractivity contribution < 1.29 is 17.2 Å². The van der Waals surface area contributed by atoms with E-state index in [0.29, 0.717) is 6.42 Å². The van der Waals surface area contributed by atoms with Crippen molar-refractivity contribution in [2.45, 2.75) is 45.4 Å². The topological polar surface area (TPSA) is 103 Å². The van der Waals surface area contributed by atoms with E-state index in [0.717, 1.165) is 12.8 Å². The summed E-state index contributed by atoms with van der Waals surface area (Å²) in [5.41, 5.74) is 0. The van der Waals surface area contributed by atoms with Gasteiger partial charge >= 0.3 is 0 Å². The smallest absolute Gasteiger partial charge is 0.217 e. The van der Waals surface area contributed by atoms with E-state index in [-0.39, 0.29) is 12.8 Å². The van der Waals surface area contributed by atoms with E-state index in [1.807, 2.05) is 12.2 Å². The van der Waals surface area contributed by atoms with Gasteiger partial charge in [-0.1, -0.05) is 38.3 Å². The fourth-order valence-electron chi connectivity index (χ4n) is 1.14. The molecule has 0 rings (SSSR count). The van der Waals surface area contributed by atoms with Gasteiger partial charge < -0.3 is 10.7 Å². The van der Waals surface area contributed by atoms with E-state index in [2.05, 4.69) is 11.1 Å². The van der Waals surface area contributed by atoms with Crippen LogP contribution < -0.4 is 6.15 Å². The van der Waals surface area contributed by atoms with Crippen molar-refractivity contribution in [2.75, 3.05) is 6.61 Å². The predicted octanol–water partition coefficient (Wildman–Crippen LogP) is 2.76. The Morgan fingerprint density at radius 1 is 1.12 bits per heavy atom. The third-order valence-corrected chi connectivity index (χ3v) is 2.36. The molecule has 0 radical (unpaired) electrons. The molecule has 5 nitrogen and oxygen atoms in total. The van der Waals surface area contributed by atoms with Crippen LogP contribution in [0.5, 0.6) is 0 Å². The Labute approximate surface area is 98.4 Å². The lowest BCUT2D eigenvalue weighted by atomic mass is 10.1. The summed E-state index contributed by atoms with van der Waals surface area (Å²) in [4.78, 5) is 0. The lowest BCUT2D eigenvalue weighted by Crippen LogP contribution is -2.04. The van der Waals surface area contributed by atoms with Gasteiger partial charge in [-0.15, -0.1) is 0 Å². The van der Waals surface area contributed by atoms with Gasteiger partial charge in [0.15, 0.2) is 0 Å². The van der Waals surface area contributed by atoms with Crippen molar-refractivity contribution >= 4 is 10.4 Å². The second-order valence-corrected chi connectivity index (χ2v) is 4.39. The summed E-state index contributed by atoms with van der Waals surface area (Å²) in [5.74, 6) is 0. The summed E-state index contributed by atoms with van der Waals surface area (Å²) in [6, 6.07) is 0. The van der Waals surface area contributed by atoms with Crippen LogP contribution in [0.25, 0.3) is 0 Å². The van der Waals surface area contributed by atoms with Crippen LogP contribution in [0.15, 0.2) is 12.2 Å². The molecule has 0 heterocycles. The summed E-state index contributed by atoms with van der Waals surface area (Å²) in [7, 11) is -4.51. The summed E-state index contributed by atoms with van der Waals surface area (Å²) < 4.78 is 34.1. The summed E-state index contributed by atoms with van der Waals surface area (Å²) in [6.07, 6.45) is 10.2. The molecule has 0 aliphatic carbocycles. The standard InChI is InChI=1S/C10H20O4S.H3N/c1-2-3-4-5-6-7-8-9-10-14-15(11,12)13;/h7-8H,2-6,9-10H2,1H3,(H,11,12,13);1H3. The van der Waals surface area contributed by atoms with Crippen LogP contribution in [-0.2, 0) is 14.6 Å². The maximum Gasteiger partial charge on any atom is 0.217 e. The fraction of sp³-hybridized carbons (Fsp3) is 0.800. The molecule has 4 N–H and O–H groups in total. The highest BCUT2D eigenvalue weighted by molar-refractivity contribution is 7.80. The number of quaternary nitrogens is 1. The van der Waals surface area contributed by atoms with Crippen molar-refractivity contribution in [1.82, 2.24) is 6.15 Å². The molecular weight excluding hydrogens is 230 g/mol. The molecule has 0 bridgehead atoms. The predicted molar refractivity (Wildman–Crippen MR) is 64.2 cm³/mol. The average Bonchev–Trinajstić information content (AvgIpc) is 2.14. The molecular formula is C10H23NO4S. The normalized spacial score (nSPS) is 11.6. The van der Waals surface area contributed by atoms with Crippen LogP contribution in [0.1, 0.15) is 45.4 Å². The highest BCUT2D eigenvalue weighted by Gasteiger charge is 1.91. The molecule has 0 spiro atoms. The molecule has 16 heavy (non-hydrogen) atoms. The molecule has 0 aromatic rings. The van der Waals surface area contributed by atoms with Crippen molar-refractivity contribution in [2.24, 2.45) is 0 Å². The second-order valence-electron chi connectivity index (χ2n) is 3.34. The Balaban J connectivity index is 0. The van der Waals surface area contributed by atoms with Gasteiger partial charge in [0, 0.05) is 0 Å². The van der Waals surface area contributed by atoms with Crippen LogP contribution >= 0.6 is 0 Å². The highest BCUT2D eigenvalue weighted by atomic mass is 32.3. The zero-order valence-corrected chi connectivity index (χ0v) is 11.0. The quantitative estimate of drug-likeness (QED) is 0.295. The maximum atomic E-state index is 10.0. The first-order valence-corrected chi connectivity index (χ1v) is 6.65. The van der Waals surface area contributed by atoms with E-state index in [1.54, 1.807) is 0 Å². The van der Waals surface area contributed by atoms with Crippen LogP contribution in [0.2, 0.25) is 0 Å². The minimum absolute atomic E-state index is 0. The van der Waals surface area contributed by atoms with E-state index >= 15 is 0 Å². The number of unbranched alkanes of at least 4 members (excludes halogenated alkanes) is 4. The van der Waals surface area contributed by atoms with Crippen LogP contribution in [0, 0.1) is 0 Å². The molecule has 0 aliphatic rings. The van der Waals surface area contributed by atoms with Gasteiger partial charge in [0.2, 0.25) is 10.4 Å². The Hall–Kier alpha value is -0.430. The van der Waals surface area contributed by atoms with Gasteiger partial charge in [-0.25, -0.2) is 8.42 Å². The summed E-state index contributed by atoms with van der Waals surface area (Å²) in [5, 5.41) is 0. The molecule has 0 amide bonds. The zero-order valence-electron chi connectivity index (χ0n) is 10.1. The fourth-order valence-corrected chi connectivity index (χ4v) is 1.44. The Morgan fingerprint density at radius 2 is 1.75 bits per heavy atom. The van der Waals surface area contributed by atoms with Gasteiger partial charge in [-0.3, -0.25) is 4.18 Å². The lowest BCUT2D eigenvalue weighted by Gasteiger charge is -2.04. The third kappa shape index (κ3) is 16.0. The summed E-state index contributed by atoms with van der Waals surface area (Å²) in [6.45, 7) is 2.10. The molecule has 0 fully saturated rings. The van der Waals surface area contributed by atoms with E-state index < -0.39 is 10.4 Å². The Kier molecular flexibility index (Phi) is 12.4. The third-order valence-electron chi connectivity index (χ3n) is 1.90. The average molecular weight is 253 g/mol. The Bertz CT molecular complexity index is 262. The van der Waals surface area contributed by atoms with Crippen LogP contribution in [-0.4, -0.2) is 19.6 Å². The van der Waals surface area contributed by atoms with Gasteiger partial charge in [0.1, 0.15) is 0 Å². The molecule has 0 aromatic heterocycles. The van der Waals surface area contributed by atoms with E-state index in [1.165, 1.54) is 19.3 Å². The van der Waals surface area contributed by atoms with Gasteiger partial charge in [0.25, 0.3) is 0 Å². The van der Waals surface area contributed by atoms with Gasteiger partial charge in [0.05, 0.1) is 6.61 Å². The number of rotatable bonds is 9. The first-order valence-electron chi connectivity index (χ1n) is 5.31. The monoisotopic (exact) mass is 253 g/mol. The largest absolute Gasteiger partial charge is 0.726 e. The number of allylic oxidation sites excluding steroid dienone is 1. The molecule has 0 saturated heterocycles. The van der Waals surface area contributed by atoms with Gasteiger partial charge in [-0.2, -0.15) is 0 Å². The molecule has 0 saturated carbocycles. The highest BCUT2D eigenvalue weighted by Crippen LogP contribution is 2.03. The van der Waals surface area contributed by atoms with E-state index in [4.69, 9.17) is 0 Å². The van der Waals surface area contributed by atoms with Crippen molar-refractivity contribution in [1.29, 1.82) is 0 Å².